The van der Waals surface area contributed by atoms with Crippen LogP contribution in [0.3, 0.4) is 0 Å². The fourth-order valence-corrected chi connectivity index (χ4v) is 3.91. The van der Waals surface area contributed by atoms with Gasteiger partial charge in [0.1, 0.15) is 0 Å². The van der Waals surface area contributed by atoms with Crippen molar-refractivity contribution in [3.63, 3.8) is 0 Å². The van der Waals surface area contributed by atoms with Crippen molar-refractivity contribution in [3.05, 3.63) is 95.3 Å². The molecule has 0 radical (unpaired) electrons. The number of hydrogen-bond acceptors (Lipinski definition) is 4. The third-order valence-corrected chi connectivity index (χ3v) is 5.64. The van der Waals surface area contributed by atoms with Gasteiger partial charge in [0.15, 0.2) is 0 Å². The predicted octanol–water partition coefficient (Wildman–Crippen LogP) is 3.24. The van der Waals surface area contributed by atoms with Gasteiger partial charge in [0.2, 0.25) is 0 Å². The second kappa shape index (κ2) is 9.53. The fourth-order valence-electron chi connectivity index (χ4n) is 3.91. The van der Waals surface area contributed by atoms with Crippen molar-refractivity contribution >= 4 is 17.5 Å². The first-order valence-electron chi connectivity index (χ1n) is 10.5. The van der Waals surface area contributed by atoms with Crippen LogP contribution in [0.2, 0.25) is 0 Å². The van der Waals surface area contributed by atoms with E-state index in [1.807, 2.05) is 37.4 Å². The van der Waals surface area contributed by atoms with Gasteiger partial charge in [-0.25, -0.2) is 0 Å². The van der Waals surface area contributed by atoms with E-state index in [1.165, 1.54) is 11.1 Å². The Morgan fingerprint density at radius 1 is 1.00 bits per heavy atom. The number of hydrogen-bond donors (Lipinski definition) is 2. The lowest BCUT2D eigenvalue weighted by Crippen LogP contribution is -2.43. The number of benzene rings is 2. The lowest BCUT2D eigenvalue weighted by Gasteiger charge is -2.35. The maximum atomic E-state index is 12.5. The first kappa shape index (κ1) is 20.8. The SMILES string of the molecule is Cc1ccc(NC(=O)C(=O)NC[C@H](c2cccnc2)N2CCc3ccccc3C2)cc1. The molecule has 1 aliphatic rings. The van der Waals surface area contributed by atoms with Crippen LogP contribution in [0.1, 0.15) is 28.3 Å². The standard InChI is InChI=1S/C25H26N4O2/c1-18-8-10-22(11-9-18)28-25(31)24(30)27-16-23(20-7-4-13-26-15-20)29-14-12-19-5-2-3-6-21(19)17-29/h2-11,13,15,23H,12,14,16-17H2,1H3,(H,27,30)(H,28,31)/t23-/m1/s1. The van der Waals surface area contributed by atoms with Crippen LogP contribution in [-0.4, -0.2) is 34.8 Å². The fraction of sp³-hybridized carbons (Fsp3) is 0.240. The summed E-state index contributed by atoms with van der Waals surface area (Å²) in [5.74, 6) is -1.32. The van der Waals surface area contributed by atoms with Gasteiger partial charge in [0, 0.05) is 37.7 Å². The van der Waals surface area contributed by atoms with Crippen LogP contribution < -0.4 is 10.6 Å². The summed E-state index contributed by atoms with van der Waals surface area (Å²) in [5, 5.41) is 5.46. The molecule has 6 heteroatoms. The second-order valence-electron chi connectivity index (χ2n) is 7.82. The molecule has 31 heavy (non-hydrogen) atoms. The zero-order valence-corrected chi connectivity index (χ0v) is 17.5. The predicted molar refractivity (Wildman–Crippen MR) is 120 cm³/mol. The number of pyridine rings is 1. The number of carbonyl (C=O) groups excluding carboxylic acids is 2. The molecule has 0 saturated heterocycles. The molecule has 6 nitrogen and oxygen atoms in total. The average Bonchev–Trinajstić information content (AvgIpc) is 2.81. The van der Waals surface area contributed by atoms with E-state index in [4.69, 9.17) is 0 Å². The molecule has 1 aromatic heterocycles. The Morgan fingerprint density at radius 2 is 1.77 bits per heavy atom. The van der Waals surface area contributed by atoms with Crippen LogP contribution >= 0.6 is 0 Å². The summed E-state index contributed by atoms with van der Waals surface area (Å²) in [6, 6.07) is 19.6. The molecule has 2 N–H and O–H groups in total. The highest BCUT2D eigenvalue weighted by Gasteiger charge is 2.26. The molecule has 1 aliphatic heterocycles. The van der Waals surface area contributed by atoms with Gasteiger partial charge < -0.3 is 10.6 Å². The zero-order chi connectivity index (χ0) is 21.6. The van der Waals surface area contributed by atoms with Crippen LogP contribution in [0, 0.1) is 6.92 Å². The number of anilines is 1. The van der Waals surface area contributed by atoms with Crippen molar-refractivity contribution < 1.29 is 9.59 Å². The third-order valence-electron chi connectivity index (χ3n) is 5.64. The number of aromatic nitrogens is 1. The smallest absolute Gasteiger partial charge is 0.313 e. The quantitative estimate of drug-likeness (QED) is 0.629. The van der Waals surface area contributed by atoms with E-state index in [2.05, 4.69) is 44.8 Å². The average molecular weight is 415 g/mol. The summed E-state index contributed by atoms with van der Waals surface area (Å²) in [6.07, 6.45) is 4.51. The van der Waals surface area contributed by atoms with Gasteiger partial charge in [-0.3, -0.25) is 19.5 Å². The van der Waals surface area contributed by atoms with Crippen molar-refractivity contribution in [2.45, 2.75) is 25.9 Å². The Bertz CT molecular complexity index is 1050. The molecule has 0 unspecified atom stereocenters. The third kappa shape index (κ3) is 5.16. The van der Waals surface area contributed by atoms with Gasteiger partial charge in [-0.05, 0) is 48.2 Å². The number of nitrogens with zero attached hydrogens (tertiary/aromatic N) is 2. The number of aryl methyl sites for hydroxylation is 1. The molecular weight excluding hydrogens is 388 g/mol. The van der Waals surface area contributed by atoms with Crippen LogP contribution in [0.15, 0.2) is 73.1 Å². The maximum Gasteiger partial charge on any atom is 0.313 e. The highest BCUT2D eigenvalue weighted by atomic mass is 16.2. The Hall–Kier alpha value is -3.51. The van der Waals surface area contributed by atoms with Crippen LogP contribution in [-0.2, 0) is 22.6 Å². The van der Waals surface area contributed by atoms with E-state index in [9.17, 15) is 9.59 Å². The van der Waals surface area contributed by atoms with Crippen LogP contribution in [0.25, 0.3) is 0 Å². The molecule has 0 aliphatic carbocycles. The Kier molecular flexibility index (Phi) is 6.38. The summed E-state index contributed by atoms with van der Waals surface area (Å²) < 4.78 is 0. The molecule has 158 valence electrons. The van der Waals surface area contributed by atoms with E-state index in [-0.39, 0.29) is 6.04 Å². The van der Waals surface area contributed by atoms with Crippen molar-refractivity contribution in [1.82, 2.24) is 15.2 Å². The molecule has 1 atom stereocenters. The molecular formula is C25H26N4O2. The zero-order valence-electron chi connectivity index (χ0n) is 17.5. The summed E-state index contributed by atoms with van der Waals surface area (Å²) in [7, 11) is 0. The number of amides is 2. The molecule has 2 aromatic carbocycles. The van der Waals surface area contributed by atoms with Gasteiger partial charge in [0.05, 0.1) is 6.04 Å². The molecule has 0 saturated carbocycles. The minimum atomic E-state index is -0.669. The number of carbonyl (C=O) groups is 2. The number of fused-ring (bicyclic) bond motifs is 1. The monoisotopic (exact) mass is 414 g/mol. The van der Waals surface area contributed by atoms with Crippen LogP contribution in [0.5, 0.6) is 0 Å². The first-order chi connectivity index (χ1) is 15.1. The lowest BCUT2D eigenvalue weighted by molar-refractivity contribution is -0.136. The molecule has 0 spiro atoms. The first-order valence-corrected chi connectivity index (χ1v) is 10.5. The summed E-state index contributed by atoms with van der Waals surface area (Å²) in [6.45, 7) is 3.97. The van der Waals surface area contributed by atoms with Gasteiger partial charge in [-0.1, -0.05) is 48.0 Å². The molecule has 4 rings (SSSR count). The largest absolute Gasteiger partial charge is 0.346 e. The topological polar surface area (TPSA) is 74.3 Å². The van der Waals surface area contributed by atoms with Crippen molar-refractivity contribution in [1.29, 1.82) is 0 Å². The summed E-state index contributed by atoms with van der Waals surface area (Å²) >= 11 is 0. The van der Waals surface area contributed by atoms with Gasteiger partial charge in [-0.15, -0.1) is 0 Å². The highest BCUT2D eigenvalue weighted by molar-refractivity contribution is 6.39. The van der Waals surface area contributed by atoms with E-state index in [0.29, 0.717) is 12.2 Å². The normalized spacial score (nSPS) is 14.4. The molecule has 0 fully saturated rings. The molecule has 2 amide bonds. The minimum absolute atomic E-state index is 0.0711. The summed E-state index contributed by atoms with van der Waals surface area (Å²) in [4.78, 5) is 31.4. The summed E-state index contributed by atoms with van der Waals surface area (Å²) in [5.41, 5.74) is 5.37. The molecule has 0 bridgehead atoms. The van der Waals surface area contributed by atoms with E-state index in [1.54, 1.807) is 18.3 Å². The van der Waals surface area contributed by atoms with Gasteiger partial charge in [0.25, 0.3) is 0 Å². The van der Waals surface area contributed by atoms with Crippen molar-refractivity contribution in [2.75, 3.05) is 18.4 Å². The van der Waals surface area contributed by atoms with Crippen molar-refractivity contribution in [3.8, 4) is 0 Å². The van der Waals surface area contributed by atoms with Crippen molar-refractivity contribution in [2.24, 2.45) is 0 Å². The van der Waals surface area contributed by atoms with Gasteiger partial charge in [-0.2, -0.15) is 0 Å². The lowest BCUT2D eigenvalue weighted by atomic mass is 9.97. The molecule has 3 aromatic rings. The second-order valence-corrected chi connectivity index (χ2v) is 7.82. The van der Waals surface area contributed by atoms with E-state index < -0.39 is 11.8 Å². The minimum Gasteiger partial charge on any atom is -0.346 e. The Balaban J connectivity index is 1.44. The number of rotatable bonds is 5. The number of nitrogens with one attached hydrogen (secondary N) is 2. The highest BCUT2D eigenvalue weighted by Crippen LogP contribution is 2.27. The van der Waals surface area contributed by atoms with E-state index >= 15 is 0 Å². The van der Waals surface area contributed by atoms with Crippen LogP contribution in [0.4, 0.5) is 5.69 Å². The molecule has 2 heterocycles. The maximum absolute atomic E-state index is 12.5. The Labute approximate surface area is 182 Å². The van der Waals surface area contributed by atoms with E-state index in [0.717, 1.165) is 30.6 Å². The Morgan fingerprint density at radius 3 is 2.52 bits per heavy atom. The van der Waals surface area contributed by atoms with Gasteiger partial charge >= 0.3 is 11.8 Å².